The molecule has 4 heteroatoms. The van der Waals surface area contributed by atoms with Crippen molar-refractivity contribution in [1.29, 1.82) is 0 Å². The Bertz CT molecular complexity index is 290. The van der Waals surface area contributed by atoms with Gasteiger partial charge in [-0.1, -0.05) is 6.08 Å². The number of likely N-dealkylation sites (tertiary alicyclic amines) is 1. The molecule has 102 valence electrons. The van der Waals surface area contributed by atoms with E-state index < -0.39 is 0 Å². The minimum absolute atomic E-state index is 0.311. The summed E-state index contributed by atoms with van der Waals surface area (Å²) in [6.45, 7) is 7.92. The van der Waals surface area contributed by atoms with Gasteiger partial charge in [0.25, 0.3) is 0 Å². The zero-order valence-electron chi connectivity index (χ0n) is 11.1. The molecule has 0 atom stereocenters. The van der Waals surface area contributed by atoms with Crippen LogP contribution in [-0.2, 0) is 4.79 Å². The maximum atomic E-state index is 12.0. The molecule has 2 saturated heterocycles. The first-order valence-corrected chi connectivity index (χ1v) is 8.08. The molecule has 0 unspecified atom stereocenters. The van der Waals surface area contributed by atoms with Crippen LogP contribution in [0.5, 0.6) is 0 Å². The fraction of sp³-hybridized carbons (Fsp3) is 0.786. The summed E-state index contributed by atoms with van der Waals surface area (Å²) in [7, 11) is 0. The molecular formula is C14H24N2OS. The predicted octanol–water partition coefficient (Wildman–Crippen LogP) is 1.90. The average molecular weight is 268 g/mol. The first-order valence-electron chi connectivity index (χ1n) is 6.93. The van der Waals surface area contributed by atoms with Crippen molar-refractivity contribution in [3.05, 3.63) is 12.7 Å². The molecule has 0 aliphatic carbocycles. The minimum Gasteiger partial charge on any atom is -0.342 e. The topological polar surface area (TPSA) is 32.3 Å². The van der Waals surface area contributed by atoms with Crippen LogP contribution in [-0.4, -0.2) is 48.5 Å². The Morgan fingerprint density at radius 3 is 2.56 bits per heavy atom. The van der Waals surface area contributed by atoms with Crippen molar-refractivity contribution in [3.63, 3.8) is 0 Å². The smallest absolute Gasteiger partial charge is 0.232 e. The number of nitrogens with zero attached hydrogens (tertiary/aromatic N) is 1. The van der Waals surface area contributed by atoms with E-state index in [0.29, 0.717) is 17.1 Å². The van der Waals surface area contributed by atoms with E-state index in [1.807, 2.05) is 6.08 Å². The lowest BCUT2D eigenvalue weighted by Crippen LogP contribution is -2.47. The molecule has 0 saturated carbocycles. The number of carbonyl (C=O) groups excluding carboxylic acids is 1. The van der Waals surface area contributed by atoms with Gasteiger partial charge in [-0.3, -0.25) is 4.79 Å². The van der Waals surface area contributed by atoms with Crippen molar-refractivity contribution in [2.45, 2.75) is 25.7 Å². The molecule has 1 spiro atoms. The van der Waals surface area contributed by atoms with Gasteiger partial charge in [-0.25, -0.2) is 0 Å². The lowest BCUT2D eigenvalue weighted by molar-refractivity contribution is -0.130. The minimum atomic E-state index is 0.311. The van der Waals surface area contributed by atoms with Gasteiger partial charge in [-0.05, 0) is 44.2 Å². The molecule has 0 bridgehead atoms. The first-order chi connectivity index (χ1) is 8.76. The highest BCUT2D eigenvalue weighted by molar-refractivity contribution is 8.00. The summed E-state index contributed by atoms with van der Waals surface area (Å²) in [5.41, 5.74) is 0.538. The van der Waals surface area contributed by atoms with E-state index in [9.17, 15) is 4.79 Å². The van der Waals surface area contributed by atoms with Crippen LogP contribution >= 0.6 is 11.8 Å². The molecule has 2 fully saturated rings. The highest BCUT2D eigenvalue weighted by Gasteiger charge is 2.36. The van der Waals surface area contributed by atoms with Crippen LogP contribution < -0.4 is 5.32 Å². The summed E-state index contributed by atoms with van der Waals surface area (Å²) in [5, 5.41) is 3.43. The number of carbonyl (C=O) groups is 1. The third-order valence-electron chi connectivity index (χ3n) is 4.30. The maximum Gasteiger partial charge on any atom is 0.232 e. The molecule has 1 N–H and O–H groups in total. The molecule has 2 aliphatic heterocycles. The molecule has 1 amide bonds. The largest absolute Gasteiger partial charge is 0.342 e. The van der Waals surface area contributed by atoms with Gasteiger partial charge >= 0.3 is 0 Å². The maximum absolute atomic E-state index is 12.0. The molecule has 0 aromatic rings. The standard InChI is InChI=1S/C14H24N2OS/c1-2-11-18-12-13(17)16-9-5-14(6-10-16)3-7-15-8-4-14/h2,15H,1,3-12H2. The number of piperidine rings is 2. The van der Waals surface area contributed by atoms with Gasteiger partial charge in [-0.2, -0.15) is 0 Å². The molecule has 2 rings (SSSR count). The number of hydrogen-bond donors (Lipinski definition) is 1. The number of hydrogen-bond acceptors (Lipinski definition) is 3. The van der Waals surface area contributed by atoms with E-state index in [0.717, 1.165) is 31.9 Å². The lowest BCUT2D eigenvalue weighted by atomic mass is 9.71. The summed E-state index contributed by atoms with van der Waals surface area (Å²) in [6, 6.07) is 0. The average Bonchev–Trinajstić information content (AvgIpc) is 2.41. The zero-order chi connectivity index (χ0) is 12.8. The van der Waals surface area contributed by atoms with E-state index in [-0.39, 0.29) is 0 Å². The summed E-state index contributed by atoms with van der Waals surface area (Å²) in [5.74, 6) is 1.79. The van der Waals surface area contributed by atoms with Crippen molar-refractivity contribution >= 4 is 17.7 Å². The molecule has 2 aliphatic rings. The van der Waals surface area contributed by atoms with E-state index in [2.05, 4.69) is 16.8 Å². The van der Waals surface area contributed by atoms with Gasteiger partial charge in [0, 0.05) is 18.8 Å². The Labute approximate surface area is 114 Å². The molecular weight excluding hydrogens is 244 g/mol. The summed E-state index contributed by atoms with van der Waals surface area (Å²) < 4.78 is 0. The normalized spacial score (nSPS) is 23.0. The Kier molecular flexibility index (Phi) is 5.13. The van der Waals surface area contributed by atoms with Crippen LogP contribution in [0.3, 0.4) is 0 Å². The second-order valence-corrected chi connectivity index (χ2v) is 6.46. The fourth-order valence-electron chi connectivity index (χ4n) is 3.01. The summed E-state index contributed by atoms with van der Waals surface area (Å²) >= 11 is 1.66. The first kappa shape index (κ1) is 13.9. The van der Waals surface area contributed by atoms with Gasteiger partial charge in [0.2, 0.25) is 5.91 Å². The monoisotopic (exact) mass is 268 g/mol. The van der Waals surface area contributed by atoms with E-state index in [1.54, 1.807) is 11.8 Å². The number of nitrogens with one attached hydrogen (secondary N) is 1. The Hall–Kier alpha value is -0.480. The molecule has 0 aromatic heterocycles. The Morgan fingerprint density at radius 2 is 1.94 bits per heavy atom. The van der Waals surface area contributed by atoms with E-state index >= 15 is 0 Å². The predicted molar refractivity (Wildman–Crippen MR) is 77.9 cm³/mol. The third kappa shape index (κ3) is 3.51. The Morgan fingerprint density at radius 1 is 1.28 bits per heavy atom. The van der Waals surface area contributed by atoms with Crippen LogP contribution in [0, 0.1) is 5.41 Å². The van der Waals surface area contributed by atoms with Crippen LogP contribution in [0.2, 0.25) is 0 Å². The third-order valence-corrected chi connectivity index (χ3v) is 5.22. The van der Waals surface area contributed by atoms with Gasteiger partial charge in [0.1, 0.15) is 0 Å². The van der Waals surface area contributed by atoms with Crippen LogP contribution in [0.25, 0.3) is 0 Å². The van der Waals surface area contributed by atoms with Crippen molar-refractivity contribution in [3.8, 4) is 0 Å². The fourth-order valence-corrected chi connectivity index (χ4v) is 3.65. The molecule has 18 heavy (non-hydrogen) atoms. The number of amides is 1. The second kappa shape index (κ2) is 6.62. The van der Waals surface area contributed by atoms with Crippen molar-refractivity contribution in [2.75, 3.05) is 37.7 Å². The number of thioether (sulfide) groups is 1. The molecule has 2 heterocycles. The molecule has 3 nitrogen and oxygen atoms in total. The Balaban J connectivity index is 1.75. The van der Waals surface area contributed by atoms with Gasteiger partial charge in [-0.15, -0.1) is 18.3 Å². The molecule has 0 aromatic carbocycles. The van der Waals surface area contributed by atoms with Gasteiger partial charge in [0.15, 0.2) is 0 Å². The van der Waals surface area contributed by atoms with Crippen LogP contribution in [0.15, 0.2) is 12.7 Å². The van der Waals surface area contributed by atoms with Crippen LogP contribution in [0.4, 0.5) is 0 Å². The second-order valence-electron chi connectivity index (χ2n) is 5.43. The zero-order valence-corrected chi connectivity index (χ0v) is 11.9. The SMILES string of the molecule is C=CCSCC(=O)N1CCC2(CCNCC2)CC1. The van der Waals surface area contributed by atoms with E-state index in [1.165, 1.54) is 25.7 Å². The molecule has 0 radical (unpaired) electrons. The van der Waals surface area contributed by atoms with Gasteiger partial charge in [0.05, 0.1) is 5.75 Å². The highest BCUT2D eigenvalue weighted by atomic mass is 32.2. The summed E-state index contributed by atoms with van der Waals surface area (Å²) in [4.78, 5) is 14.1. The number of rotatable bonds is 4. The van der Waals surface area contributed by atoms with Crippen molar-refractivity contribution in [2.24, 2.45) is 5.41 Å². The van der Waals surface area contributed by atoms with Crippen molar-refractivity contribution < 1.29 is 4.79 Å². The highest BCUT2D eigenvalue weighted by Crippen LogP contribution is 2.39. The quantitative estimate of drug-likeness (QED) is 0.624. The summed E-state index contributed by atoms with van der Waals surface area (Å²) in [6.07, 6.45) is 6.84. The van der Waals surface area contributed by atoms with E-state index in [4.69, 9.17) is 0 Å². The van der Waals surface area contributed by atoms with Crippen molar-refractivity contribution in [1.82, 2.24) is 10.2 Å². The lowest BCUT2D eigenvalue weighted by Gasteiger charge is -2.44. The van der Waals surface area contributed by atoms with Gasteiger partial charge < -0.3 is 10.2 Å². The van der Waals surface area contributed by atoms with Crippen LogP contribution in [0.1, 0.15) is 25.7 Å².